The number of aromatic nitrogens is 5. The van der Waals surface area contributed by atoms with E-state index in [0.29, 0.717) is 18.1 Å². The SMILES string of the molecule is Cc1ncc([N+](=O)[O-])n1Cc1cn(Cc2ccc(F)cc2)nn1. The van der Waals surface area contributed by atoms with Crippen LogP contribution in [0, 0.1) is 22.9 Å². The van der Waals surface area contributed by atoms with Gasteiger partial charge in [-0.2, -0.15) is 0 Å². The van der Waals surface area contributed by atoms with Crippen LogP contribution in [0.4, 0.5) is 10.2 Å². The van der Waals surface area contributed by atoms with Crippen LogP contribution < -0.4 is 0 Å². The number of aryl methyl sites for hydroxylation is 1. The molecule has 2 aromatic heterocycles. The van der Waals surface area contributed by atoms with Crippen LogP contribution in [0.2, 0.25) is 0 Å². The van der Waals surface area contributed by atoms with E-state index in [1.807, 2.05) is 0 Å². The van der Waals surface area contributed by atoms with Gasteiger partial charge in [0, 0.05) is 6.92 Å². The summed E-state index contributed by atoms with van der Waals surface area (Å²) in [7, 11) is 0. The molecule has 0 bridgehead atoms. The highest BCUT2D eigenvalue weighted by Gasteiger charge is 2.18. The van der Waals surface area contributed by atoms with E-state index < -0.39 is 4.92 Å². The lowest BCUT2D eigenvalue weighted by molar-refractivity contribution is -0.392. The van der Waals surface area contributed by atoms with Crippen LogP contribution in [0.25, 0.3) is 0 Å². The summed E-state index contributed by atoms with van der Waals surface area (Å²) < 4.78 is 15.9. The van der Waals surface area contributed by atoms with Gasteiger partial charge in [0.25, 0.3) is 0 Å². The molecule has 0 aliphatic carbocycles. The van der Waals surface area contributed by atoms with Gasteiger partial charge in [-0.15, -0.1) is 5.10 Å². The minimum Gasteiger partial charge on any atom is -0.358 e. The fourth-order valence-corrected chi connectivity index (χ4v) is 2.22. The summed E-state index contributed by atoms with van der Waals surface area (Å²) >= 11 is 0. The van der Waals surface area contributed by atoms with Gasteiger partial charge in [-0.25, -0.2) is 18.6 Å². The molecule has 0 N–H and O–H groups in total. The third-order valence-electron chi connectivity index (χ3n) is 3.39. The number of halogens is 1. The lowest BCUT2D eigenvalue weighted by atomic mass is 10.2. The summed E-state index contributed by atoms with van der Waals surface area (Å²) in [5, 5.41) is 19.0. The van der Waals surface area contributed by atoms with E-state index >= 15 is 0 Å². The molecule has 9 heteroatoms. The van der Waals surface area contributed by atoms with Gasteiger partial charge in [0.05, 0.1) is 12.7 Å². The van der Waals surface area contributed by atoms with Crippen molar-refractivity contribution in [1.82, 2.24) is 24.5 Å². The second kappa shape index (κ2) is 5.95. The molecule has 0 saturated heterocycles. The van der Waals surface area contributed by atoms with Gasteiger partial charge in [0.1, 0.15) is 24.3 Å². The monoisotopic (exact) mass is 316 g/mol. The molecule has 0 saturated carbocycles. The smallest absolute Gasteiger partial charge is 0.343 e. The van der Waals surface area contributed by atoms with E-state index in [-0.39, 0.29) is 18.2 Å². The van der Waals surface area contributed by atoms with Crippen molar-refractivity contribution in [3.05, 3.63) is 69.7 Å². The molecule has 3 rings (SSSR count). The highest BCUT2D eigenvalue weighted by Crippen LogP contribution is 2.15. The van der Waals surface area contributed by atoms with Gasteiger partial charge in [-0.05, 0) is 22.6 Å². The van der Waals surface area contributed by atoms with Crippen molar-refractivity contribution in [3.8, 4) is 0 Å². The zero-order valence-corrected chi connectivity index (χ0v) is 12.3. The summed E-state index contributed by atoms with van der Waals surface area (Å²) in [6.07, 6.45) is 2.92. The fraction of sp³-hybridized carbons (Fsp3) is 0.214. The average Bonchev–Trinajstić information content (AvgIpc) is 3.10. The topological polar surface area (TPSA) is 91.7 Å². The highest BCUT2D eigenvalue weighted by atomic mass is 19.1. The van der Waals surface area contributed by atoms with Crippen LogP contribution in [-0.4, -0.2) is 29.5 Å². The molecule has 118 valence electrons. The third-order valence-corrected chi connectivity index (χ3v) is 3.39. The zero-order chi connectivity index (χ0) is 16.4. The van der Waals surface area contributed by atoms with Gasteiger partial charge >= 0.3 is 5.82 Å². The molecule has 0 fully saturated rings. The summed E-state index contributed by atoms with van der Waals surface area (Å²) in [6.45, 7) is 2.35. The summed E-state index contributed by atoms with van der Waals surface area (Å²) in [5.74, 6) is 0.149. The van der Waals surface area contributed by atoms with E-state index in [0.717, 1.165) is 5.56 Å². The van der Waals surface area contributed by atoms with Crippen LogP contribution in [0.15, 0.2) is 36.7 Å². The molecule has 0 atom stereocenters. The Hall–Kier alpha value is -3.10. The maximum atomic E-state index is 12.9. The molecule has 8 nitrogen and oxygen atoms in total. The molecule has 0 spiro atoms. The average molecular weight is 316 g/mol. The summed E-state index contributed by atoms with van der Waals surface area (Å²) in [5.41, 5.74) is 1.46. The minimum absolute atomic E-state index is 0.0874. The molecular weight excluding hydrogens is 303 g/mol. The Morgan fingerprint density at radius 2 is 2.00 bits per heavy atom. The molecule has 1 aromatic carbocycles. The summed E-state index contributed by atoms with van der Waals surface area (Å²) in [4.78, 5) is 14.4. The van der Waals surface area contributed by atoms with Crippen molar-refractivity contribution in [3.63, 3.8) is 0 Å². The first-order valence-corrected chi connectivity index (χ1v) is 6.83. The van der Waals surface area contributed by atoms with Crippen LogP contribution in [-0.2, 0) is 13.1 Å². The molecule has 0 aliphatic rings. The molecule has 0 radical (unpaired) electrons. The predicted octanol–water partition coefficient (Wildman–Crippen LogP) is 1.93. The predicted molar refractivity (Wildman–Crippen MR) is 78.2 cm³/mol. The first-order chi connectivity index (χ1) is 11.0. The molecule has 2 heterocycles. The molecule has 0 amide bonds. The highest BCUT2D eigenvalue weighted by molar-refractivity contribution is 5.20. The van der Waals surface area contributed by atoms with E-state index in [9.17, 15) is 14.5 Å². The Kier molecular flexibility index (Phi) is 3.83. The van der Waals surface area contributed by atoms with Gasteiger partial charge in [-0.1, -0.05) is 17.3 Å². The maximum absolute atomic E-state index is 12.9. The zero-order valence-electron chi connectivity index (χ0n) is 12.3. The Labute approximate surface area is 130 Å². The van der Waals surface area contributed by atoms with Crippen molar-refractivity contribution in [1.29, 1.82) is 0 Å². The van der Waals surface area contributed by atoms with Crippen LogP contribution >= 0.6 is 0 Å². The Balaban J connectivity index is 1.76. The number of nitro groups is 1. The van der Waals surface area contributed by atoms with Gasteiger partial charge in [0.15, 0.2) is 5.82 Å². The second-order valence-corrected chi connectivity index (χ2v) is 5.04. The van der Waals surface area contributed by atoms with Crippen molar-refractivity contribution >= 4 is 5.82 Å². The first kappa shape index (κ1) is 14.8. The number of hydrogen-bond donors (Lipinski definition) is 0. The number of imidazole rings is 1. The van der Waals surface area contributed by atoms with Gasteiger partial charge < -0.3 is 10.1 Å². The van der Waals surface area contributed by atoms with Crippen LogP contribution in [0.5, 0.6) is 0 Å². The van der Waals surface area contributed by atoms with Crippen molar-refractivity contribution in [2.75, 3.05) is 0 Å². The van der Waals surface area contributed by atoms with E-state index in [4.69, 9.17) is 0 Å². The third kappa shape index (κ3) is 3.23. The Morgan fingerprint density at radius 1 is 1.26 bits per heavy atom. The van der Waals surface area contributed by atoms with Crippen LogP contribution in [0.3, 0.4) is 0 Å². The van der Waals surface area contributed by atoms with E-state index in [1.165, 1.54) is 22.9 Å². The van der Waals surface area contributed by atoms with E-state index in [1.54, 1.807) is 29.9 Å². The van der Waals surface area contributed by atoms with Crippen molar-refractivity contribution in [2.24, 2.45) is 0 Å². The molecule has 0 aliphatic heterocycles. The lowest BCUT2D eigenvalue weighted by Crippen LogP contribution is -2.06. The van der Waals surface area contributed by atoms with Crippen molar-refractivity contribution < 1.29 is 9.31 Å². The number of benzene rings is 1. The number of rotatable bonds is 5. The molecular formula is C14H13FN6O2. The number of hydrogen-bond acceptors (Lipinski definition) is 5. The molecule has 0 unspecified atom stereocenters. The first-order valence-electron chi connectivity index (χ1n) is 6.83. The molecule has 23 heavy (non-hydrogen) atoms. The minimum atomic E-state index is -0.483. The van der Waals surface area contributed by atoms with Crippen LogP contribution in [0.1, 0.15) is 17.1 Å². The Bertz CT molecular complexity index is 839. The summed E-state index contributed by atoms with van der Waals surface area (Å²) in [6, 6.07) is 6.10. The maximum Gasteiger partial charge on any atom is 0.343 e. The van der Waals surface area contributed by atoms with Gasteiger partial charge in [0.2, 0.25) is 0 Å². The fourth-order valence-electron chi connectivity index (χ4n) is 2.22. The van der Waals surface area contributed by atoms with Crippen molar-refractivity contribution in [2.45, 2.75) is 20.0 Å². The lowest BCUT2D eigenvalue weighted by Gasteiger charge is -2.01. The number of nitrogens with zero attached hydrogens (tertiary/aromatic N) is 6. The largest absolute Gasteiger partial charge is 0.358 e. The second-order valence-electron chi connectivity index (χ2n) is 5.04. The normalized spacial score (nSPS) is 10.9. The molecule has 3 aromatic rings. The van der Waals surface area contributed by atoms with E-state index in [2.05, 4.69) is 15.3 Å². The van der Waals surface area contributed by atoms with Gasteiger partial charge in [-0.3, -0.25) is 0 Å². The Morgan fingerprint density at radius 3 is 2.70 bits per heavy atom. The standard InChI is InChI=1S/C14H13FN6O2/c1-10-16-6-14(21(22)23)20(10)9-13-8-19(18-17-13)7-11-2-4-12(15)5-3-11/h2-6,8H,7,9H2,1H3. The quantitative estimate of drug-likeness (QED) is 0.530.